The van der Waals surface area contributed by atoms with Crippen LogP contribution < -0.4 is 0 Å². The molecule has 1 aliphatic heterocycles. The number of hydrogen-bond donors (Lipinski definition) is 2. The number of carbonyl (C=O) groups is 1. The Balaban J connectivity index is 2.30. The first-order valence-electron chi connectivity index (χ1n) is 3.82. The van der Waals surface area contributed by atoms with E-state index in [-0.39, 0.29) is 19.1 Å². The third kappa shape index (κ3) is 2.77. The lowest BCUT2D eigenvalue weighted by Gasteiger charge is -2.28. The Morgan fingerprint density at radius 3 is 2.92 bits per heavy atom. The van der Waals surface area contributed by atoms with Crippen LogP contribution in [0.15, 0.2) is 0 Å². The molecule has 0 spiro atoms. The van der Waals surface area contributed by atoms with Crippen molar-refractivity contribution < 1.29 is 24.5 Å². The van der Waals surface area contributed by atoms with Gasteiger partial charge in [0.05, 0.1) is 25.7 Å². The lowest BCUT2D eigenvalue weighted by atomic mass is 10.2. The topological polar surface area (TPSA) is 76.0 Å². The molecule has 5 heteroatoms. The van der Waals surface area contributed by atoms with Gasteiger partial charge in [-0.1, -0.05) is 0 Å². The van der Waals surface area contributed by atoms with E-state index in [1.807, 2.05) is 0 Å². The summed E-state index contributed by atoms with van der Waals surface area (Å²) in [5, 5.41) is 17.1. The lowest BCUT2D eigenvalue weighted by molar-refractivity contribution is -0.223. The van der Waals surface area contributed by atoms with Crippen LogP contribution in [0.3, 0.4) is 0 Å². The third-order valence-corrected chi connectivity index (χ3v) is 1.63. The normalized spacial score (nSPS) is 30.1. The lowest BCUT2D eigenvalue weighted by Crippen LogP contribution is -2.35. The van der Waals surface area contributed by atoms with Gasteiger partial charge in [0.15, 0.2) is 6.29 Å². The van der Waals surface area contributed by atoms with Crippen molar-refractivity contribution in [1.82, 2.24) is 0 Å². The zero-order chi connectivity index (χ0) is 8.97. The molecule has 2 N–H and O–H groups in total. The van der Waals surface area contributed by atoms with E-state index in [9.17, 15) is 4.79 Å². The number of carboxylic acids is 1. The number of ether oxygens (including phenoxy) is 2. The summed E-state index contributed by atoms with van der Waals surface area (Å²) < 4.78 is 10.1. The van der Waals surface area contributed by atoms with Crippen LogP contribution in [0.4, 0.5) is 0 Å². The molecule has 0 aliphatic carbocycles. The molecule has 2 unspecified atom stereocenters. The predicted molar refractivity (Wildman–Crippen MR) is 38.6 cm³/mol. The Hall–Kier alpha value is -0.650. The van der Waals surface area contributed by atoms with Crippen LogP contribution in [0.1, 0.15) is 12.8 Å². The van der Waals surface area contributed by atoms with Crippen molar-refractivity contribution in [1.29, 1.82) is 0 Å². The molecule has 0 aromatic rings. The maximum Gasteiger partial charge on any atom is 0.308 e. The van der Waals surface area contributed by atoms with Crippen molar-refractivity contribution in [2.45, 2.75) is 25.2 Å². The molecule has 0 saturated carbocycles. The molecule has 0 bridgehead atoms. The average molecular weight is 176 g/mol. The first-order chi connectivity index (χ1) is 5.72. The highest BCUT2D eigenvalue weighted by Gasteiger charge is 2.23. The van der Waals surface area contributed by atoms with Crippen LogP contribution in [-0.4, -0.2) is 41.8 Å². The van der Waals surface area contributed by atoms with Gasteiger partial charge >= 0.3 is 5.97 Å². The second-order valence-electron chi connectivity index (χ2n) is 2.63. The second-order valence-corrected chi connectivity index (χ2v) is 2.63. The van der Waals surface area contributed by atoms with Gasteiger partial charge in [-0.3, -0.25) is 4.79 Å². The molecular weight excluding hydrogens is 164 g/mol. The van der Waals surface area contributed by atoms with Crippen LogP contribution in [-0.2, 0) is 14.3 Å². The number of carboxylic acid groups (broad SMARTS) is 1. The summed E-state index contributed by atoms with van der Waals surface area (Å²) in [7, 11) is 0. The van der Waals surface area contributed by atoms with E-state index in [0.717, 1.165) is 0 Å². The number of hydrogen-bond acceptors (Lipinski definition) is 4. The van der Waals surface area contributed by atoms with E-state index < -0.39 is 12.3 Å². The zero-order valence-corrected chi connectivity index (χ0v) is 6.60. The number of rotatable bonds is 3. The summed E-state index contributed by atoms with van der Waals surface area (Å²) in [6.45, 7) is 0.364. The number of aliphatic hydroxyl groups excluding tert-OH is 1. The van der Waals surface area contributed by atoms with E-state index in [2.05, 4.69) is 0 Å². The quantitative estimate of drug-likeness (QED) is 0.611. The van der Waals surface area contributed by atoms with Crippen molar-refractivity contribution in [3.8, 4) is 0 Å². The third-order valence-electron chi connectivity index (χ3n) is 1.63. The van der Waals surface area contributed by atoms with Crippen molar-refractivity contribution in [3.63, 3.8) is 0 Å². The summed E-state index contributed by atoms with van der Waals surface area (Å²) >= 11 is 0. The van der Waals surface area contributed by atoms with Crippen molar-refractivity contribution in [2.75, 3.05) is 13.2 Å². The highest BCUT2D eigenvalue weighted by Crippen LogP contribution is 2.14. The fourth-order valence-corrected chi connectivity index (χ4v) is 1.04. The highest BCUT2D eigenvalue weighted by atomic mass is 16.7. The van der Waals surface area contributed by atoms with Crippen LogP contribution in [0, 0.1) is 0 Å². The van der Waals surface area contributed by atoms with Crippen molar-refractivity contribution >= 4 is 5.97 Å². The van der Waals surface area contributed by atoms with Gasteiger partial charge in [-0.05, 0) is 6.42 Å². The number of aliphatic carboxylic acids is 1. The maximum absolute atomic E-state index is 10.2. The maximum atomic E-state index is 10.2. The Bertz CT molecular complexity index is 158. The molecule has 2 atom stereocenters. The largest absolute Gasteiger partial charge is 0.481 e. The predicted octanol–water partition coefficient (Wildman–Crippen LogP) is -0.415. The van der Waals surface area contributed by atoms with Crippen LogP contribution in [0.25, 0.3) is 0 Å². The second kappa shape index (κ2) is 4.39. The molecule has 0 aromatic heterocycles. The van der Waals surface area contributed by atoms with Crippen molar-refractivity contribution in [3.05, 3.63) is 0 Å². The molecule has 12 heavy (non-hydrogen) atoms. The molecular formula is C7H12O5. The van der Waals surface area contributed by atoms with Gasteiger partial charge < -0.3 is 19.7 Å². The smallest absolute Gasteiger partial charge is 0.308 e. The van der Waals surface area contributed by atoms with E-state index in [1.54, 1.807) is 0 Å². The van der Waals surface area contributed by atoms with Gasteiger partial charge in [0.2, 0.25) is 0 Å². The van der Waals surface area contributed by atoms with Gasteiger partial charge in [-0.25, -0.2) is 0 Å². The van der Waals surface area contributed by atoms with Crippen LogP contribution in [0.5, 0.6) is 0 Å². The highest BCUT2D eigenvalue weighted by molar-refractivity contribution is 5.67. The zero-order valence-electron chi connectivity index (χ0n) is 6.60. The minimum absolute atomic E-state index is 0.0839. The summed E-state index contributed by atoms with van der Waals surface area (Å²) in [6, 6.07) is 0. The summed E-state index contributed by atoms with van der Waals surface area (Å²) in [5.41, 5.74) is 0. The minimum Gasteiger partial charge on any atom is -0.481 e. The Labute approximate surface area is 69.9 Å². The fraction of sp³-hybridized carbons (Fsp3) is 0.857. The Kier molecular flexibility index (Phi) is 3.46. The van der Waals surface area contributed by atoms with Crippen LogP contribution >= 0.6 is 0 Å². The van der Waals surface area contributed by atoms with Crippen LogP contribution in [0.2, 0.25) is 0 Å². The van der Waals surface area contributed by atoms with E-state index >= 15 is 0 Å². The fourth-order valence-electron chi connectivity index (χ4n) is 1.04. The molecule has 1 aliphatic rings. The molecule has 1 saturated heterocycles. The molecule has 0 amide bonds. The van der Waals surface area contributed by atoms with Gasteiger partial charge in [0.1, 0.15) is 0 Å². The molecule has 0 radical (unpaired) electrons. The van der Waals surface area contributed by atoms with Crippen molar-refractivity contribution in [2.24, 2.45) is 0 Å². The average Bonchev–Trinajstić information content (AvgIpc) is 2.03. The minimum atomic E-state index is -0.960. The molecule has 5 nitrogen and oxygen atoms in total. The Morgan fingerprint density at radius 2 is 2.33 bits per heavy atom. The van der Waals surface area contributed by atoms with Gasteiger partial charge in [-0.15, -0.1) is 0 Å². The van der Waals surface area contributed by atoms with Gasteiger partial charge in [-0.2, -0.15) is 0 Å². The SMILES string of the molecule is O=C(O)CC1OCCC(CO)O1. The molecule has 70 valence electrons. The summed E-state index contributed by atoms with van der Waals surface area (Å²) in [5.74, 6) is -0.960. The summed E-state index contributed by atoms with van der Waals surface area (Å²) in [4.78, 5) is 10.2. The van der Waals surface area contributed by atoms with Gasteiger partial charge in [0.25, 0.3) is 0 Å². The molecule has 1 fully saturated rings. The van der Waals surface area contributed by atoms with E-state index in [1.165, 1.54) is 0 Å². The first kappa shape index (κ1) is 9.44. The van der Waals surface area contributed by atoms with Gasteiger partial charge in [0, 0.05) is 0 Å². The van der Waals surface area contributed by atoms with E-state index in [4.69, 9.17) is 19.7 Å². The Morgan fingerprint density at radius 1 is 1.58 bits per heavy atom. The first-order valence-corrected chi connectivity index (χ1v) is 3.82. The number of aliphatic hydroxyl groups is 1. The molecule has 0 aromatic carbocycles. The van der Waals surface area contributed by atoms with E-state index in [0.29, 0.717) is 13.0 Å². The summed E-state index contributed by atoms with van der Waals surface area (Å²) in [6.07, 6.45) is -0.528. The molecule has 1 rings (SSSR count). The monoisotopic (exact) mass is 176 g/mol. The standard InChI is InChI=1S/C7H12O5/c8-4-5-1-2-11-7(12-5)3-6(9)10/h5,7-8H,1-4H2,(H,9,10). The molecule has 1 heterocycles.